The van der Waals surface area contributed by atoms with E-state index in [2.05, 4.69) is 33.4 Å². The normalized spacial score (nSPS) is 20.3. The van der Waals surface area contributed by atoms with Crippen molar-refractivity contribution in [3.05, 3.63) is 70.2 Å². The van der Waals surface area contributed by atoms with Gasteiger partial charge in [0.2, 0.25) is 5.91 Å². The highest BCUT2D eigenvalue weighted by molar-refractivity contribution is 9.10. The summed E-state index contributed by atoms with van der Waals surface area (Å²) in [6, 6.07) is 17.9. The van der Waals surface area contributed by atoms with Crippen LogP contribution >= 0.6 is 28.3 Å². The van der Waals surface area contributed by atoms with Gasteiger partial charge in [-0.05, 0) is 35.6 Å². The van der Waals surface area contributed by atoms with Crippen molar-refractivity contribution in [2.24, 2.45) is 11.7 Å². The Morgan fingerprint density at radius 1 is 1.22 bits per heavy atom. The molecule has 23 heavy (non-hydrogen) atoms. The van der Waals surface area contributed by atoms with Crippen molar-refractivity contribution in [2.75, 3.05) is 6.54 Å². The molecule has 0 aliphatic heterocycles. The van der Waals surface area contributed by atoms with Crippen LogP contribution in [0.2, 0.25) is 0 Å². The van der Waals surface area contributed by atoms with E-state index in [4.69, 9.17) is 5.73 Å². The Balaban J connectivity index is 0.00000192. The van der Waals surface area contributed by atoms with Gasteiger partial charge in [0.25, 0.3) is 0 Å². The third-order valence-corrected chi connectivity index (χ3v) is 4.62. The van der Waals surface area contributed by atoms with Gasteiger partial charge in [-0.1, -0.05) is 58.4 Å². The highest BCUT2D eigenvalue weighted by Gasteiger charge is 2.43. The molecule has 1 aliphatic carbocycles. The Morgan fingerprint density at radius 2 is 1.96 bits per heavy atom. The quantitative estimate of drug-likeness (QED) is 0.809. The standard InChI is InChI=1S/C18H19BrN2O.ClH/c19-14-8-4-7-13(9-14)15-10-16(15)18(22)21-11-17(20)12-5-2-1-3-6-12;/h1-9,15-17H,10-11,20H2,(H,21,22);1H. The average molecular weight is 396 g/mol. The summed E-state index contributed by atoms with van der Waals surface area (Å²) in [6.45, 7) is 0.477. The molecule has 1 amide bonds. The first kappa shape index (κ1) is 18.0. The number of benzene rings is 2. The fourth-order valence-electron chi connectivity index (χ4n) is 2.75. The lowest BCUT2D eigenvalue weighted by Crippen LogP contribution is -2.33. The fraction of sp³-hybridized carbons (Fsp3) is 0.278. The molecule has 0 spiro atoms. The van der Waals surface area contributed by atoms with E-state index in [-0.39, 0.29) is 30.3 Å². The lowest BCUT2D eigenvalue weighted by atomic mass is 10.1. The maximum absolute atomic E-state index is 12.2. The number of carbonyl (C=O) groups excluding carboxylic acids is 1. The van der Waals surface area contributed by atoms with Crippen molar-refractivity contribution in [3.63, 3.8) is 0 Å². The number of hydrogen-bond acceptors (Lipinski definition) is 2. The number of nitrogens with one attached hydrogen (secondary N) is 1. The molecule has 122 valence electrons. The van der Waals surface area contributed by atoms with Crippen molar-refractivity contribution < 1.29 is 4.79 Å². The van der Waals surface area contributed by atoms with E-state index in [9.17, 15) is 4.79 Å². The van der Waals surface area contributed by atoms with Gasteiger partial charge in [0, 0.05) is 23.0 Å². The number of nitrogens with two attached hydrogens (primary N) is 1. The van der Waals surface area contributed by atoms with Gasteiger partial charge in [-0.25, -0.2) is 0 Å². The zero-order valence-corrected chi connectivity index (χ0v) is 15.0. The van der Waals surface area contributed by atoms with Crippen LogP contribution < -0.4 is 11.1 Å². The summed E-state index contributed by atoms with van der Waals surface area (Å²) in [7, 11) is 0. The molecule has 0 bridgehead atoms. The second-order valence-electron chi connectivity index (χ2n) is 5.77. The van der Waals surface area contributed by atoms with Gasteiger partial charge in [-0.3, -0.25) is 4.79 Å². The SMILES string of the molecule is Cl.NC(CNC(=O)C1CC1c1cccc(Br)c1)c1ccccc1. The van der Waals surface area contributed by atoms with Gasteiger partial charge in [0.05, 0.1) is 0 Å². The smallest absolute Gasteiger partial charge is 0.223 e. The highest BCUT2D eigenvalue weighted by atomic mass is 79.9. The van der Waals surface area contributed by atoms with Gasteiger partial charge < -0.3 is 11.1 Å². The molecule has 5 heteroatoms. The minimum absolute atomic E-state index is 0. The van der Waals surface area contributed by atoms with Crippen molar-refractivity contribution in [2.45, 2.75) is 18.4 Å². The van der Waals surface area contributed by atoms with Gasteiger partial charge in [-0.15, -0.1) is 12.4 Å². The first-order valence-corrected chi connectivity index (χ1v) is 8.28. The minimum atomic E-state index is -0.159. The predicted molar refractivity (Wildman–Crippen MR) is 98.6 cm³/mol. The molecule has 2 aromatic carbocycles. The Bertz CT molecular complexity index is 665. The van der Waals surface area contributed by atoms with Gasteiger partial charge in [0.1, 0.15) is 0 Å². The Hall–Kier alpha value is -1.36. The summed E-state index contributed by atoms with van der Waals surface area (Å²) in [5, 5.41) is 2.98. The molecule has 1 saturated carbocycles. The van der Waals surface area contributed by atoms with E-state index in [0.29, 0.717) is 12.5 Å². The number of carbonyl (C=O) groups is 1. The number of halogens is 2. The maximum atomic E-state index is 12.2. The first-order valence-electron chi connectivity index (χ1n) is 7.49. The zero-order chi connectivity index (χ0) is 15.5. The summed E-state index contributed by atoms with van der Waals surface area (Å²) in [5.74, 6) is 0.527. The van der Waals surface area contributed by atoms with Crippen LogP contribution in [0.5, 0.6) is 0 Å². The number of amides is 1. The summed E-state index contributed by atoms with van der Waals surface area (Å²) in [4.78, 5) is 12.2. The van der Waals surface area contributed by atoms with Crippen molar-refractivity contribution in [1.29, 1.82) is 0 Å². The molecule has 1 aliphatic rings. The van der Waals surface area contributed by atoms with Gasteiger partial charge in [-0.2, -0.15) is 0 Å². The predicted octanol–water partition coefficient (Wildman–Crippen LogP) is 3.79. The zero-order valence-electron chi connectivity index (χ0n) is 12.6. The lowest BCUT2D eigenvalue weighted by molar-refractivity contribution is -0.122. The van der Waals surface area contributed by atoms with Crippen LogP contribution in [0, 0.1) is 5.92 Å². The summed E-state index contributed by atoms with van der Waals surface area (Å²) < 4.78 is 1.06. The average Bonchev–Trinajstić information content (AvgIpc) is 3.34. The second kappa shape index (κ2) is 7.95. The maximum Gasteiger partial charge on any atom is 0.223 e. The van der Waals surface area contributed by atoms with E-state index >= 15 is 0 Å². The van der Waals surface area contributed by atoms with Crippen LogP contribution in [0.1, 0.15) is 29.5 Å². The van der Waals surface area contributed by atoms with Crippen LogP contribution in [-0.2, 0) is 4.79 Å². The molecule has 0 radical (unpaired) electrons. The summed E-state index contributed by atoms with van der Waals surface area (Å²) in [5.41, 5.74) is 8.38. The van der Waals surface area contributed by atoms with E-state index in [1.807, 2.05) is 42.5 Å². The number of hydrogen-bond donors (Lipinski definition) is 2. The topological polar surface area (TPSA) is 55.1 Å². The molecule has 1 fully saturated rings. The number of rotatable bonds is 5. The largest absolute Gasteiger partial charge is 0.354 e. The Kier molecular flexibility index (Phi) is 6.22. The van der Waals surface area contributed by atoms with Crippen LogP contribution in [0.15, 0.2) is 59.1 Å². The molecule has 0 heterocycles. The highest BCUT2D eigenvalue weighted by Crippen LogP contribution is 2.47. The van der Waals surface area contributed by atoms with Crippen LogP contribution in [0.4, 0.5) is 0 Å². The lowest BCUT2D eigenvalue weighted by Gasteiger charge is -2.13. The van der Waals surface area contributed by atoms with Crippen LogP contribution in [0.3, 0.4) is 0 Å². The van der Waals surface area contributed by atoms with E-state index in [1.54, 1.807) is 0 Å². The van der Waals surface area contributed by atoms with E-state index < -0.39 is 0 Å². The first-order chi connectivity index (χ1) is 10.6. The second-order valence-corrected chi connectivity index (χ2v) is 6.68. The van der Waals surface area contributed by atoms with Crippen molar-refractivity contribution in [3.8, 4) is 0 Å². The van der Waals surface area contributed by atoms with Crippen LogP contribution in [-0.4, -0.2) is 12.5 Å². The van der Waals surface area contributed by atoms with E-state index in [1.165, 1.54) is 5.56 Å². The Labute approximate surface area is 151 Å². The molecular weight excluding hydrogens is 376 g/mol. The monoisotopic (exact) mass is 394 g/mol. The third-order valence-electron chi connectivity index (χ3n) is 4.13. The molecule has 3 rings (SSSR count). The molecular formula is C18H20BrClN2O. The summed E-state index contributed by atoms with van der Waals surface area (Å²) in [6.07, 6.45) is 0.920. The molecule has 2 aromatic rings. The molecule has 3 N–H and O–H groups in total. The molecule has 3 atom stereocenters. The van der Waals surface area contributed by atoms with Gasteiger partial charge >= 0.3 is 0 Å². The fourth-order valence-corrected chi connectivity index (χ4v) is 3.17. The van der Waals surface area contributed by atoms with E-state index in [0.717, 1.165) is 16.5 Å². The molecule has 0 saturated heterocycles. The van der Waals surface area contributed by atoms with Gasteiger partial charge in [0.15, 0.2) is 0 Å². The molecule has 3 unspecified atom stereocenters. The minimum Gasteiger partial charge on any atom is -0.354 e. The van der Waals surface area contributed by atoms with Crippen LogP contribution in [0.25, 0.3) is 0 Å². The van der Waals surface area contributed by atoms with Crippen molar-refractivity contribution >= 4 is 34.2 Å². The van der Waals surface area contributed by atoms with Crippen molar-refractivity contribution in [1.82, 2.24) is 5.32 Å². The Morgan fingerprint density at radius 3 is 2.65 bits per heavy atom. The summed E-state index contributed by atoms with van der Waals surface area (Å²) >= 11 is 3.47. The molecule has 3 nitrogen and oxygen atoms in total. The third kappa shape index (κ3) is 4.56. The molecule has 0 aromatic heterocycles.